The first-order chi connectivity index (χ1) is 12.1. The third-order valence-electron chi connectivity index (χ3n) is 5.90. The van der Waals surface area contributed by atoms with Gasteiger partial charge in [0.05, 0.1) is 24.3 Å². The van der Waals surface area contributed by atoms with Gasteiger partial charge in [-0.15, -0.1) is 0 Å². The van der Waals surface area contributed by atoms with Crippen molar-refractivity contribution >= 4 is 11.6 Å². The predicted molar refractivity (Wildman–Crippen MR) is 93.2 cm³/mol. The van der Waals surface area contributed by atoms with Gasteiger partial charge in [-0.05, 0) is 31.9 Å². The van der Waals surface area contributed by atoms with Crippen LogP contribution in [-0.2, 0) is 16.0 Å². The molecule has 3 heterocycles. The van der Waals surface area contributed by atoms with Crippen LogP contribution in [0.4, 0.5) is 0 Å². The minimum atomic E-state index is -0.292. The number of aliphatic hydroxyl groups excluding tert-OH is 1. The number of imidazole rings is 1. The molecule has 1 saturated heterocycles. The Kier molecular flexibility index (Phi) is 4.25. The van der Waals surface area contributed by atoms with Crippen molar-refractivity contribution in [1.82, 2.24) is 14.3 Å². The summed E-state index contributed by atoms with van der Waals surface area (Å²) < 4.78 is 7.73. The molecular weight excluding hydrogens is 318 g/mol. The number of hydrogen-bond acceptors (Lipinski definition) is 4. The van der Waals surface area contributed by atoms with Crippen LogP contribution in [-0.4, -0.2) is 57.2 Å². The van der Waals surface area contributed by atoms with Crippen molar-refractivity contribution in [2.75, 3.05) is 19.7 Å². The Hall–Kier alpha value is -1.92. The van der Waals surface area contributed by atoms with Crippen molar-refractivity contribution in [3.05, 3.63) is 36.3 Å². The number of fused-ring (bicyclic) bond motifs is 1. The van der Waals surface area contributed by atoms with Crippen molar-refractivity contribution in [2.24, 2.45) is 5.41 Å². The number of hydrogen-bond donors (Lipinski definition) is 1. The van der Waals surface area contributed by atoms with Gasteiger partial charge in [0, 0.05) is 43.9 Å². The highest BCUT2D eigenvalue weighted by Gasteiger charge is 2.56. The number of ether oxygens (including phenoxy) is 1. The smallest absolute Gasteiger partial charge is 0.228 e. The zero-order valence-corrected chi connectivity index (χ0v) is 14.6. The number of likely N-dealkylation sites (tertiary alicyclic amines) is 1. The maximum absolute atomic E-state index is 12.6. The highest BCUT2D eigenvalue weighted by molar-refractivity contribution is 5.78. The van der Waals surface area contributed by atoms with Crippen LogP contribution in [0.5, 0.6) is 0 Å². The van der Waals surface area contributed by atoms with Crippen molar-refractivity contribution < 1.29 is 14.6 Å². The molecule has 4 rings (SSSR count). The molecule has 1 spiro atoms. The van der Waals surface area contributed by atoms with E-state index in [0.29, 0.717) is 26.1 Å². The van der Waals surface area contributed by atoms with Gasteiger partial charge in [-0.1, -0.05) is 6.07 Å². The number of aromatic nitrogens is 2. The molecule has 0 radical (unpaired) electrons. The number of amides is 1. The van der Waals surface area contributed by atoms with E-state index in [1.165, 1.54) is 0 Å². The summed E-state index contributed by atoms with van der Waals surface area (Å²) in [5, 5.41) is 10.3. The molecule has 2 aliphatic rings. The topological polar surface area (TPSA) is 67.1 Å². The zero-order chi connectivity index (χ0) is 17.4. The molecule has 0 bridgehead atoms. The van der Waals surface area contributed by atoms with Crippen molar-refractivity contribution in [3.8, 4) is 0 Å². The van der Waals surface area contributed by atoms with Crippen LogP contribution in [0.2, 0.25) is 0 Å². The number of rotatable bonds is 4. The van der Waals surface area contributed by atoms with Crippen LogP contribution in [0.15, 0.2) is 30.6 Å². The largest absolute Gasteiger partial charge is 0.392 e. The fourth-order valence-corrected chi connectivity index (χ4v) is 4.33. The second-order valence-electron chi connectivity index (χ2n) is 7.18. The van der Waals surface area contributed by atoms with Crippen LogP contribution in [0, 0.1) is 5.41 Å². The summed E-state index contributed by atoms with van der Waals surface area (Å²) in [6.07, 6.45) is 6.38. The van der Waals surface area contributed by atoms with Crippen LogP contribution in [0.25, 0.3) is 5.65 Å². The lowest BCUT2D eigenvalue weighted by Crippen LogP contribution is -2.62. The first kappa shape index (κ1) is 16.5. The van der Waals surface area contributed by atoms with Gasteiger partial charge in [0.25, 0.3) is 0 Å². The lowest BCUT2D eigenvalue weighted by atomic mass is 9.58. The van der Waals surface area contributed by atoms with Gasteiger partial charge < -0.3 is 19.1 Å². The van der Waals surface area contributed by atoms with E-state index in [4.69, 9.17) is 4.74 Å². The summed E-state index contributed by atoms with van der Waals surface area (Å²) in [6.45, 7) is 4.04. The van der Waals surface area contributed by atoms with Gasteiger partial charge in [0.15, 0.2) is 0 Å². The maximum atomic E-state index is 12.6. The van der Waals surface area contributed by atoms with Gasteiger partial charge >= 0.3 is 0 Å². The SMILES string of the molecule is CCO[C@H]1C[C@H](O)C12CCN(C(=O)Cc1cn3ccccc3n1)CC2. The maximum Gasteiger partial charge on any atom is 0.228 e. The molecule has 1 saturated carbocycles. The molecule has 0 unspecified atom stereocenters. The fraction of sp³-hybridized carbons (Fsp3) is 0.579. The molecule has 6 heteroatoms. The second-order valence-corrected chi connectivity index (χ2v) is 7.18. The number of nitrogens with zero attached hydrogens (tertiary/aromatic N) is 3. The van der Waals surface area contributed by atoms with Gasteiger partial charge in [-0.2, -0.15) is 0 Å². The van der Waals surface area contributed by atoms with E-state index in [0.717, 1.165) is 30.6 Å². The molecule has 2 aromatic rings. The van der Waals surface area contributed by atoms with E-state index in [1.54, 1.807) is 0 Å². The highest BCUT2D eigenvalue weighted by atomic mass is 16.5. The zero-order valence-electron chi connectivity index (χ0n) is 14.6. The Morgan fingerprint density at radius 2 is 2.20 bits per heavy atom. The van der Waals surface area contributed by atoms with E-state index in [2.05, 4.69) is 4.98 Å². The molecule has 2 fully saturated rings. The molecule has 1 aliphatic carbocycles. The van der Waals surface area contributed by atoms with Crippen LogP contribution in [0.3, 0.4) is 0 Å². The molecule has 6 nitrogen and oxygen atoms in total. The summed E-state index contributed by atoms with van der Waals surface area (Å²) in [7, 11) is 0. The Morgan fingerprint density at radius 3 is 2.88 bits per heavy atom. The van der Waals surface area contributed by atoms with E-state index in [-0.39, 0.29) is 23.5 Å². The Bertz CT molecular complexity index is 729. The first-order valence-electron chi connectivity index (χ1n) is 9.12. The normalized spacial score (nSPS) is 25.3. The number of pyridine rings is 1. The van der Waals surface area contributed by atoms with E-state index in [1.807, 2.05) is 46.8 Å². The lowest BCUT2D eigenvalue weighted by Gasteiger charge is -2.56. The van der Waals surface area contributed by atoms with Crippen LogP contribution < -0.4 is 0 Å². The van der Waals surface area contributed by atoms with Crippen LogP contribution >= 0.6 is 0 Å². The van der Waals surface area contributed by atoms with E-state index >= 15 is 0 Å². The molecule has 1 amide bonds. The molecule has 1 aliphatic heterocycles. The van der Waals surface area contributed by atoms with Gasteiger partial charge in [-0.25, -0.2) is 4.98 Å². The molecule has 1 N–H and O–H groups in total. The van der Waals surface area contributed by atoms with Crippen molar-refractivity contribution in [3.63, 3.8) is 0 Å². The number of carbonyl (C=O) groups excluding carboxylic acids is 1. The van der Waals surface area contributed by atoms with Gasteiger partial charge in [-0.3, -0.25) is 4.79 Å². The third kappa shape index (κ3) is 2.83. The van der Waals surface area contributed by atoms with E-state index in [9.17, 15) is 9.90 Å². The summed E-state index contributed by atoms with van der Waals surface area (Å²) in [4.78, 5) is 19.0. The summed E-state index contributed by atoms with van der Waals surface area (Å²) in [5.74, 6) is 0.111. The Labute approximate surface area is 147 Å². The minimum Gasteiger partial charge on any atom is -0.392 e. The quantitative estimate of drug-likeness (QED) is 0.917. The predicted octanol–water partition coefficient (Wildman–Crippen LogP) is 1.66. The number of aliphatic hydroxyl groups is 1. The van der Waals surface area contributed by atoms with Crippen molar-refractivity contribution in [2.45, 2.75) is 44.8 Å². The molecule has 2 atom stereocenters. The average molecular weight is 343 g/mol. The molecular formula is C19H25N3O3. The van der Waals surface area contributed by atoms with Gasteiger partial charge in [0.1, 0.15) is 5.65 Å². The number of carbonyl (C=O) groups is 1. The minimum absolute atomic E-state index is 0.111. The summed E-state index contributed by atoms with van der Waals surface area (Å²) in [6, 6.07) is 5.82. The second kappa shape index (κ2) is 6.42. The average Bonchev–Trinajstić information content (AvgIpc) is 3.04. The summed E-state index contributed by atoms with van der Waals surface area (Å²) >= 11 is 0. The molecule has 134 valence electrons. The Morgan fingerprint density at radius 1 is 1.40 bits per heavy atom. The molecule has 25 heavy (non-hydrogen) atoms. The first-order valence-corrected chi connectivity index (χ1v) is 9.12. The van der Waals surface area contributed by atoms with E-state index < -0.39 is 0 Å². The third-order valence-corrected chi connectivity index (χ3v) is 5.90. The summed E-state index contributed by atoms with van der Waals surface area (Å²) in [5.41, 5.74) is 1.52. The molecule has 0 aromatic carbocycles. The fourth-order valence-electron chi connectivity index (χ4n) is 4.33. The number of piperidine rings is 1. The lowest BCUT2D eigenvalue weighted by molar-refractivity contribution is -0.210. The molecule has 2 aromatic heterocycles. The van der Waals surface area contributed by atoms with Crippen LogP contribution in [0.1, 0.15) is 31.9 Å². The Balaban J connectivity index is 1.38. The van der Waals surface area contributed by atoms with Gasteiger partial charge in [0.2, 0.25) is 5.91 Å². The van der Waals surface area contributed by atoms with Crippen molar-refractivity contribution in [1.29, 1.82) is 0 Å². The monoisotopic (exact) mass is 343 g/mol. The highest BCUT2D eigenvalue weighted by Crippen LogP contribution is 2.50. The standard InChI is InChI=1S/C19H25N3O3/c1-2-25-16-12-15(23)19(16)6-9-21(10-7-19)18(24)11-14-13-22-8-4-3-5-17(22)20-14/h3-5,8,13,15-16,23H,2,6-7,9-12H2,1H3/t15-,16-/m0/s1.